The van der Waals surface area contributed by atoms with Crippen molar-refractivity contribution in [3.8, 4) is 0 Å². The van der Waals surface area contributed by atoms with E-state index in [4.69, 9.17) is 5.11 Å². The highest BCUT2D eigenvalue weighted by atomic mass is 19.3. The van der Waals surface area contributed by atoms with Crippen LogP contribution in [0.5, 0.6) is 0 Å². The molecule has 114 valence electrons. The molecule has 5 nitrogen and oxygen atoms in total. The number of aliphatic hydroxyl groups excluding tert-OH is 1. The molecular weight excluding hydrogens is 270 g/mol. The van der Waals surface area contributed by atoms with Crippen molar-refractivity contribution in [2.24, 2.45) is 5.92 Å². The zero-order valence-corrected chi connectivity index (χ0v) is 11.4. The summed E-state index contributed by atoms with van der Waals surface area (Å²) in [5, 5.41) is 8.77. The third-order valence-electron chi connectivity index (χ3n) is 4.15. The zero-order valence-electron chi connectivity index (χ0n) is 11.4. The molecule has 1 aliphatic carbocycles. The third kappa shape index (κ3) is 3.45. The first kappa shape index (κ1) is 15.2. The van der Waals surface area contributed by atoms with Gasteiger partial charge in [-0.1, -0.05) is 0 Å². The fourth-order valence-corrected chi connectivity index (χ4v) is 2.82. The maximum absolute atomic E-state index is 13.1. The first-order valence-electron chi connectivity index (χ1n) is 6.98. The molecular formula is C13H20F2N2O3. The number of carbonyl (C=O) groups is 2. The Labute approximate surface area is 116 Å². The molecule has 1 saturated heterocycles. The molecule has 0 spiro atoms. The standard InChI is InChI=1S/C13H20F2N2O3/c14-13(15)3-1-10(2-4-13)12(20)17-7-5-16(6-8-17)11(19)9-18/h10,18H,1-9H2. The molecule has 0 unspecified atom stereocenters. The molecule has 20 heavy (non-hydrogen) atoms. The third-order valence-corrected chi connectivity index (χ3v) is 4.15. The minimum atomic E-state index is -2.62. The van der Waals surface area contributed by atoms with Gasteiger partial charge < -0.3 is 14.9 Å². The van der Waals surface area contributed by atoms with Crippen LogP contribution in [-0.2, 0) is 9.59 Å². The summed E-state index contributed by atoms with van der Waals surface area (Å²) in [5.74, 6) is -3.34. The highest BCUT2D eigenvalue weighted by Gasteiger charge is 2.39. The number of hydrogen-bond acceptors (Lipinski definition) is 3. The van der Waals surface area contributed by atoms with Crippen LogP contribution in [0, 0.1) is 5.92 Å². The summed E-state index contributed by atoms with van der Waals surface area (Å²) in [5.41, 5.74) is 0. The normalized spacial score (nSPS) is 23.8. The molecule has 0 aromatic rings. The Morgan fingerprint density at radius 1 is 1.05 bits per heavy atom. The minimum Gasteiger partial charge on any atom is -0.387 e. The average molecular weight is 290 g/mol. The highest BCUT2D eigenvalue weighted by molar-refractivity contribution is 5.80. The highest BCUT2D eigenvalue weighted by Crippen LogP contribution is 2.36. The van der Waals surface area contributed by atoms with Crippen molar-refractivity contribution >= 4 is 11.8 Å². The van der Waals surface area contributed by atoms with Gasteiger partial charge in [0.1, 0.15) is 6.61 Å². The van der Waals surface area contributed by atoms with Gasteiger partial charge in [0.05, 0.1) is 0 Å². The predicted octanol–water partition coefficient (Wildman–Crippen LogP) is 0.475. The Balaban J connectivity index is 1.82. The van der Waals surface area contributed by atoms with Gasteiger partial charge in [0.2, 0.25) is 17.7 Å². The van der Waals surface area contributed by atoms with Crippen molar-refractivity contribution in [3.05, 3.63) is 0 Å². The summed E-state index contributed by atoms with van der Waals surface area (Å²) < 4.78 is 26.1. The Kier molecular flexibility index (Phi) is 4.57. The van der Waals surface area contributed by atoms with Gasteiger partial charge in [-0.15, -0.1) is 0 Å². The lowest BCUT2D eigenvalue weighted by molar-refractivity contribution is -0.146. The lowest BCUT2D eigenvalue weighted by Crippen LogP contribution is -2.53. The fourth-order valence-electron chi connectivity index (χ4n) is 2.82. The minimum absolute atomic E-state index is 0.0726. The predicted molar refractivity (Wildman–Crippen MR) is 67.2 cm³/mol. The summed E-state index contributed by atoms with van der Waals surface area (Å²) in [6.07, 6.45) is 0.0436. The maximum atomic E-state index is 13.1. The first-order chi connectivity index (χ1) is 9.43. The molecule has 0 aromatic carbocycles. The van der Waals surface area contributed by atoms with Gasteiger partial charge in [0.25, 0.3) is 0 Å². The van der Waals surface area contributed by atoms with Crippen LogP contribution in [0.1, 0.15) is 25.7 Å². The first-order valence-corrected chi connectivity index (χ1v) is 6.98. The van der Waals surface area contributed by atoms with Crippen LogP contribution < -0.4 is 0 Å². The van der Waals surface area contributed by atoms with Crippen LogP contribution in [-0.4, -0.2) is 65.4 Å². The van der Waals surface area contributed by atoms with Crippen LogP contribution in [0.3, 0.4) is 0 Å². The second-order valence-corrected chi connectivity index (χ2v) is 5.49. The number of carbonyl (C=O) groups excluding carboxylic acids is 2. The van der Waals surface area contributed by atoms with Crippen molar-refractivity contribution in [2.45, 2.75) is 31.6 Å². The van der Waals surface area contributed by atoms with Crippen LogP contribution in [0.4, 0.5) is 8.78 Å². The van der Waals surface area contributed by atoms with E-state index >= 15 is 0 Å². The van der Waals surface area contributed by atoms with Crippen LogP contribution in [0.25, 0.3) is 0 Å². The molecule has 2 fully saturated rings. The largest absolute Gasteiger partial charge is 0.387 e. The number of nitrogens with zero attached hydrogens (tertiary/aromatic N) is 2. The van der Waals surface area contributed by atoms with Crippen molar-refractivity contribution in [1.82, 2.24) is 9.80 Å². The topological polar surface area (TPSA) is 60.9 Å². The molecule has 7 heteroatoms. The van der Waals surface area contributed by atoms with Gasteiger partial charge >= 0.3 is 0 Å². The fraction of sp³-hybridized carbons (Fsp3) is 0.846. The number of aliphatic hydroxyl groups is 1. The number of halogens is 2. The molecule has 0 atom stereocenters. The summed E-state index contributed by atoms with van der Waals surface area (Å²) in [6.45, 7) is 1.10. The van der Waals surface area contributed by atoms with Gasteiger partial charge in [-0.05, 0) is 12.8 Å². The number of hydrogen-bond donors (Lipinski definition) is 1. The van der Waals surface area contributed by atoms with Crippen LogP contribution in [0.15, 0.2) is 0 Å². The lowest BCUT2D eigenvalue weighted by Gasteiger charge is -2.37. The second kappa shape index (κ2) is 6.03. The number of piperazine rings is 1. The van der Waals surface area contributed by atoms with E-state index in [1.807, 2.05) is 0 Å². The zero-order chi connectivity index (χ0) is 14.8. The lowest BCUT2D eigenvalue weighted by atomic mass is 9.86. The van der Waals surface area contributed by atoms with E-state index in [2.05, 4.69) is 0 Å². The molecule has 0 bridgehead atoms. The molecule has 1 heterocycles. The van der Waals surface area contributed by atoms with Crippen LogP contribution >= 0.6 is 0 Å². The van der Waals surface area contributed by atoms with E-state index in [-0.39, 0.29) is 43.4 Å². The Morgan fingerprint density at radius 3 is 2.05 bits per heavy atom. The summed E-state index contributed by atoms with van der Waals surface area (Å²) in [6, 6.07) is 0. The van der Waals surface area contributed by atoms with E-state index < -0.39 is 12.5 Å². The van der Waals surface area contributed by atoms with E-state index in [9.17, 15) is 18.4 Å². The summed E-state index contributed by atoms with van der Waals surface area (Å²) >= 11 is 0. The van der Waals surface area contributed by atoms with Gasteiger partial charge in [-0.3, -0.25) is 9.59 Å². The molecule has 2 amide bonds. The number of rotatable bonds is 2. The smallest absolute Gasteiger partial charge is 0.248 e. The van der Waals surface area contributed by atoms with E-state index in [0.29, 0.717) is 26.2 Å². The van der Waals surface area contributed by atoms with Crippen molar-refractivity contribution in [2.75, 3.05) is 32.8 Å². The van der Waals surface area contributed by atoms with E-state index in [0.717, 1.165) is 0 Å². The van der Waals surface area contributed by atoms with Gasteiger partial charge in [0, 0.05) is 44.9 Å². The van der Waals surface area contributed by atoms with Gasteiger partial charge in [0.15, 0.2) is 0 Å². The molecule has 0 aromatic heterocycles. The molecule has 1 N–H and O–H groups in total. The second-order valence-electron chi connectivity index (χ2n) is 5.49. The molecule has 1 aliphatic heterocycles. The summed E-state index contributed by atoms with van der Waals surface area (Å²) in [4.78, 5) is 26.7. The Morgan fingerprint density at radius 2 is 1.55 bits per heavy atom. The molecule has 1 saturated carbocycles. The van der Waals surface area contributed by atoms with Crippen molar-refractivity contribution in [3.63, 3.8) is 0 Å². The monoisotopic (exact) mass is 290 g/mol. The molecule has 2 rings (SSSR count). The Bertz CT molecular complexity index is 372. The van der Waals surface area contributed by atoms with E-state index in [1.165, 1.54) is 4.90 Å². The van der Waals surface area contributed by atoms with Crippen molar-refractivity contribution in [1.29, 1.82) is 0 Å². The van der Waals surface area contributed by atoms with Crippen molar-refractivity contribution < 1.29 is 23.5 Å². The van der Waals surface area contributed by atoms with Gasteiger partial charge in [-0.2, -0.15) is 0 Å². The SMILES string of the molecule is O=C(CO)N1CCN(C(=O)C2CCC(F)(F)CC2)CC1. The summed E-state index contributed by atoms with van der Waals surface area (Å²) in [7, 11) is 0. The quantitative estimate of drug-likeness (QED) is 0.804. The maximum Gasteiger partial charge on any atom is 0.248 e. The average Bonchev–Trinajstić information content (AvgIpc) is 2.46. The van der Waals surface area contributed by atoms with Gasteiger partial charge in [-0.25, -0.2) is 8.78 Å². The Hall–Kier alpha value is -1.24. The number of amides is 2. The molecule has 2 aliphatic rings. The van der Waals surface area contributed by atoms with E-state index in [1.54, 1.807) is 4.90 Å². The molecule has 0 radical (unpaired) electrons. The van der Waals surface area contributed by atoms with Crippen LogP contribution in [0.2, 0.25) is 0 Å². The number of alkyl halides is 2.